The van der Waals surface area contributed by atoms with Crippen molar-refractivity contribution in [1.82, 2.24) is 25.1 Å². The van der Waals surface area contributed by atoms with E-state index in [-0.39, 0.29) is 5.78 Å². The maximum absolute atomic E-state index is 11.9. The van der Waals surface area contributed by atoms with Crippen LogP contribution in [0.3, 0.4) is 0 Å². The zero-order valence-corrected chi connectivity index (χ0v) is 21.0. The van der Waals surface area contributed by atoms with Crippen molar-refractivity contribution in [1.29, 1.82) is 0 Å². The van der Waals surface area contributed by atoms with Crippen molar-refractivity contribution in [3.63, 3.8) is 0 Å². The molecule has 2 N–H and O–H groups in total. The Kier molecular flexibility index (Phi) is 6.61. The first-order valence-corrected chi connectivity index (χ1v) is 12.3. The minimum absolute atomic E-state index is 0.0259. The second kappa shape index (κ2) is 9.97. The van der Waals surface area contributed by atoms with Crippen molar-refractivity contribution in [3.8, 4) is 11.3 Å². The fourth-order valence-corrected chi connectivity index (χ4v) is 4.68. The molecule has 9 heteroatoms. The topological polar surface area (TPSA) is 90.0 Å². The SMILES string of the molecule is C=CC(=O)Cc1cccc(-c2nc(Nc3cccc(N4CCN(C)CC4)c3)nc3n[nH]c(Br)c23)c1. The maximum Gasteiger partial charge on any atom is 0.229 e. The molecular formula is C26H26BrN7O. The molecule has 5 rings (SSSR count). The Morgan fingerprint density at radius 3 is 2.74 bits per heavy atom. The summed E-state index contributed by atoms with van der Waals surface area (Å²) in [5.74, 6) is 0.427. The first-order chi connectivity index (χ1) is 17.0. The summed E-state index contributed by atoms with van der Waals surface area (Å²) < 4.78 is 0.707. The van der Waals surface area contributed by atoms with E-state index in [0.29, 0.717) is 22.6 Å². The number of aromatic amines is 1. The first kappa shape index (κ1) is 23.2. The second-order valence-electron chi connectivity index (χ2n) is 8.65. The Morgan fingerprint density at radius 1 is 1.14 bits per heavy atom. The molecule has 1 aliphatic heterocycles. The third-order valence-electron chi connectivity index (χ3n) is 6.15. The number of aromatic nitrogens is 4. The average molecular weight is 532 g/mol. The first-order valence-electron chi connectivity index (χ1n) is 11.5. The van der Waals surface area contributed by atoms with Crippen LogP contribution < -0.4 is 10.2 Å². The number of carbonyl (C=O) groups is 1. The number of nitrogens with one attached hydrogen (secondary N) is 2. The Balaban J connectivity index is 1.48. The number of benzene rings is 2. The van der Waals surface area contributed by atoms with E-state index < -0.39 is 0 Å². The van der Waals surface area contributed by atoms with E-state index in [2.05, 4.69) is 72.0 Å². The van der Waals surface area contributed by atoms with Gasteiger partial charge in [0.05, 0.1) is 11.1 Å². The minimum Gasteiger partial charge on any atom is -0.369 e. The molecule has 35 heavy (non-hydrogen) atoms. The molecule has 0 spiro atoms. The van der Waals surface area contributed by atoms with Crippen molar-refractivity contribution in [2.75, 3.05) is 43.4 Å². The normalized spacial score (nSPS) is 14.3. The lowest BCUT2D eigenvalue weighted by Crippen LogP contribution is -2.44. The van der Waals surface area contributed by atoms with E-state index in [4.69, 9.17) is 4.98 Å². The van der Waals surface area contributed by atoms with Gasteiger partial charge in [-0.1, -0.05) is 30.8 Å². The van der Waals surface area contributed by atoms with Gasteiger partial charge in [0.25, 0.3) is 0 Å². The zero-order valence-electron chi connectivity index (χ0n) is 19.5. The molecular weight excluding hydrogens is 506 g/mol. The second-order valence-corrected chi connectivity index (χ2v) is 9.44. The molecule has 0 radical (unpaired) electrons. The molecule has 1 fully saturated rings. The van der Waals surface area contributed by atoms with Crippen LogP contribution >= 0.6 is 15.9 Å². The number of hydrogen-bond donors (Lipinski definition) is 2. The third-order valence-corrected chi connectivity index (χ3v) is 6.72. The van der Waals surface area contributed by atoms with Crippen molar-refractivity contribution >= 4 is 50.1 Å². The van der Waals surface area contributed by atoms with Crippen LogP contribution in [0.5, 0.6) is 0 Å². The quantitative estimate of drug-likeness (QED) is 0.337. The van der Waals surface area contributed by atoms with Gasteiger partial charge in [-0.15, -0.1) is 0 Å². The predicted octanol–water partition coefficient (Wildman–Crippen LogP) is 4.58. The molecule has 0 saturated carbocycles. The number of hydrogen-bond acceptors (Lipinski definition) is 7. The summed E-state index contributed by atoms with van der Waals surface area (Å²) >= 11 is 3.54. The van der Waals surface area contributed by atoms with Gasteiger partial charge in [-0.3, -0.25) is 9.89 Å². The van der Waals surface area contributed by atoms with E-state index in [0.717, 1.165) is 54.1 Å². The Bertz CT molecular complexity index is 1390. The van der Waals surface area contributed by atoms with Crippen molar-refractivity contribution in [2.24, 2.45) is 0 Å². The van der Waals surface area contributed by atoms with Crippen LogP contribution in [0.25, 0.3) is 22.3 Å². The highest BCUT2D eigenvalue weighted by Crippen LogP contribution is 2.33. The molecule has 1 saturated heterocycles. The molecule has 0 atom stereocenters. The summed E-state index contributed by atoms with van der Waals surface area (Å²) in [5.41, 5.74) is 5.13. The van der Waals surface area contributed by atoms with Crippen molar-refractivity contribution < 1.29 is 4.79 Å². The minimum atomic E-state index is -0.0259. The van der Waals surface area contributed by atoms with Gasteiger partial charge in [-0.25, -0.2) is 4.98 Å². The fourth-order valence-electron chi connectivity index (χ4n) is 4.23. The summed E-state index contributed by atoms with van der Waals surface area (Å²) in [7, 11) is 2.15. The largest absolute Gasteiger partial charge is 0.369 e. The molecule has 3 heterocycles. The number of H-pyrrole nitrogens is 1. The van der Waals surface area contributed by atoms with Crippen LogP contribution in [0.15, 0.2) is 65.8 Å². The summed E-state index contributed by atoms with van der Waals surface area (Å²) in [5, 5.41) is 11.4. The molecule has 0 unspecified atom stereocenters. The lowest BCUT2D eigenvalue weighted by atomic mass is 10.0. The highest BCUT2D eigenvalue weighted by Gasteiger charge is 2.18. The maximum atomic E-state index is 11.9. The Labute approximate surface area is 212 Å². The predicted molar refractivity (Wildman–Crippen MR) is 143 cm³/mol. The summed E-state index contributed by atoms with van der Waals surface area (Å²) in [6.07, 6.45) is 1.64. The van der Waals surface area contributed by atoms with E-state index in [9.17, 15) is 4.79 Å². The molecule has 4 aromatic rings. The smallest absolute Gasteiger partial charge is 0.229 e. The number of ketones is 1. The number of likely N-dealkylation sites (N-methyl/N-ethyl adjacent to an activating group) is 1. The van der Waals surface area contributed by atoms with Gasteiger partial charge in [-0.05, 0) is 58.9 Å². The Morgan fingerprint density at radius 2 is 1.94 bits per heavy atom. The van der Waals surface area contributed by atoms with Crippen LogP contribution in [0.1, 0.15) is 5.56 Å². The lowest BCUT2D eigenvalue weighted by Gasteiger charge is -2.34. The number of halogens is 1. The van der Waals surface area contributed by atoms with Crippen LogP contribution in [-0.4, -0.2) is 64.1 Å². The van der Waals surface area contributed by atoms with E-state index >= 15 is 0 Å². The van der Waals surface area contributed by atoms with Crippen LogP contribution in [0.2, 0.25) is 0 Å². The molecule has 8 nitrogen and oxygen atoms in total. The summed E-state index contributed by atoms with van der Waals surface area (Å²) in [4.78, 5) is 26.1. The van der Waals surface area contributed by atoms with E-state index in [1.54, 1.807) is 0 Å². The number of anilines is 3. The Hall–Kier alpha value is -3.56. The van der Waals surface area contributed by atoms with Crippen molar-refractivity contribution in [2.45, 2.75) is 6.42 Å². The molecule has 178 valence electrons. The number of fused-ring (bicyclic) bond motifs is 1. The molecule has 0 bridgehead atoms. The van der Waals surface area contributed by atoms with Gasteiger partial charge < -0.3 is 15.1 Å². The van der Waals surface area contributed by atoms with Crippen LogP contribution in [0, 0.1) is 0 Å². The van der Waals surface area contributed by atoms with Crippen molar-refractivity contribution in [3.05, 3.63) is 71.4 Å². The lowest BCUT2D eigenvalue weighted by molar-refractivity contribution is -0.114. The van der Waals surface area contributed by atoms with Crippen LogP contribution in [-0.2, 0) is 11.2 Å². The molecule has 1 aliphatic rings. The molecule has 2 aromatic carbocycles. The van der Waals surface area contributed by atoms with Gasteiger partial charge in [0, 0.05) is 49.5 Å². The number of carbonyl (C=O) groups excluding carboxylic acids is 1. The number of piperazine rings is 1. The highest BCUT2D eigenvalue weighted by molar-refractivity contribution is 9.10. The molecule has 0 aliphatic carbocycles. The molecule has 2 aromatic heterocycles. The third kappa shape index (κ3) is 5.11. The van der Waals surface area contributed by atoms with Gasteiger partial charge in [0.1, 0.15) is 4.60 Å². The summed E-state index contributed by atoms with van der Waals surface area (Å²) in [6.45, 7) is 7.66. The monoisotopic (exact) mass is 531 g/mol. The van der Waals surface area contributed by atoms with Gasteiger partial charge in [-0.2, -0.15) is 10.1 Å². The average Bonchev–Trinajstić information content (AvgIpc) is 3.24. The molecule has 0 amide bonds. The van der Waals surface area contributed by atoms with Gasteiger partial charge in [0.2, 0.25) is 5.95 Å². The summed E-state index contributed by atoms with van der Waals surface area (Å²) in [6, 6.07) is 16.1. The van der Waals surface area contributed by atoms with Gasteiger partial charge in [0.15, 0.2) is 11.4 Å². The fraction of sp³-hybridized carbons (Fsp3) is 0.231. The van der Waals surface area contributed by atoms with Crippen LogP contribution in [0.4, 0.5) is 17.3 Å². The highest BCUT2D eigenvalue weighted by atomic mass is 79.9. The standard InChI is InChI=1S/C26H26BrN7O/c1-3-21(35)15-17-6-4-7-18(14-17)23-22-24(27)31-32-25(22)30-26(29-23)28-19-8-5-9-20(16-19)34-12-10-33(2)11-13-34/h3-9,14,16H,1,10-13,15H2,2H3,(H2,28,29,30,31,32). The van der Waals surface area contributed by atoms with E-state index in [1.165, 1.54) is 11.8 Å². The van der Waals surface area contributed by atoms with E-state index in [1.807, 2.05) is 36.4 Å². The zero-order chi connectivity index (χ0) is 24.4. The number of allylic oxidation sites excluding steroid dienone is 1. The number of nitrogens with zero attached hydrogens (tertiary/aromatic N) is 5. The number of rotatable bonds is 7. The van der Waals surface area contributed by atoms with Gasteiger partial charge >= 0.3 is 0 Å².